The summed E-state index contributed by atoms with van der Waals surface area (Å²) < 4.78 is 119. The molecule has 2 unspecified atom stereocenters. The quantitative estimate of drug-likeness (QED) is 0.0560. The Kier molecular flexibility index (Phi) is 24.6. The molecule has 0 aliphatic carbocycles. The molecule has 0 saturated carbocycles. The van der Waals surface area contributed by atoms with Crippen LogP contribution in [0.2, 0.25) is 0 Å². The van der Waals surface area contributed by atoms with Gasteiger partial charge in [-0.2, -0.15) is 13.2 Å². The first-order chi connectivity index (χ1) is 34.9. The summed E-state index contributed by atoms with van der Waals surface area (Å²) in [4.78, 5) is 0. The van der Waals surface area contributed by atoms with Crippen LogP contribution in [0.5, 0.6) is 11.5 Å². The van der Waals surface area contributed by atoms with Crippen LogP contribution in [0, 0.1) is 0 Å². The van der Waals surface area contributed by atoms with Crippen LogP contribution < -0.4 is 13.8 Å². The third-order valence-corrected chi connectivity index (χ3v) is 18.7. The molecule has 2 atom stereocenters. The van der Waals surface area contributed by atoms with Gasteiger partial charge < -0.3 is 37.9 Å². The van der Waals surface area contributed by atoms with Crippen LogP contribution >= 0.6 is 23.8 Å². The lowest BCUT2D eigenvalue weighted by Crippen LogP contribution is -2.40. The van der Waals surface area contributed by atoms with Crippen molar-refractivity contribution >= 4 is 45.2 Å². The number of phenolic OH excluding ortho intramolecular Hbond substituents is 2. The van der Waals surface area contributed by atoms with Crippen LogP contribution in [0.4, 0.5) is 24.5 Å². The van der Waals surface area contributed by atoms with Crippen LogP contribution in [0.1, 0.15) is 68.6 Å². The van der Waals surface area contributed by atoms with E-state index in [1.165, 1.54) is 13.8 Å². The molecule has 4 N–H and O–H groups in total. The van der Waals surface area contributed by atoms with Crippen molar-refractivity contribution in [1.29, 1.82) is 0 Å². The van der Waals surface area contributed by atoms with Crippen molar-refractivity contribution in [1.82, 2.24) is 4.49 Å². The third kappa shape index (κ3) is 17.2. The highest BCUT2D eigenvalue weighted by Gasteiger charge is 2.54. The second-order valence-electron chi connectivity index (χ2n) is 15.1. The van der Waals surface area contributed by atoms with E-state index >= 15 is 0 Å². The first-order valence-corrected chi connectivity index (χ1v) is 29.0. The van der Waals surface area contributed by atoms with Gasteiger partial charge in [0.15, 0.2) is 0 Å². The van der Waals surface area contributed by atoms with Crippen LogP contribution in [0.25, 0.3) is 0 Å². The predicted molar refractivity (Wildman–Crippen MR) is 281 cm³/mol. The monoisotopic (exact) mass is 1090 g/mol. The topological polar surface area (TPSA) is 194 Å². The van der Waals surface area contributed by atoms with E-state index < -0.39 is 51.1 Å². The summed E-state index contributed by atoms with van der Waals surface area (Å²) >= 11 is 0. The number of rotatable bonds is 19. The molecular formula is C51H63F3N3O12P3S. The summed E-state index contributed by atoms with van der Waals surface area (Å²) in [6.07, 6.45) is -0.771. The van der Waals surface area contributed by atoms with Gasteiger partial charge in [-0.05, 0) is 82.1 Å². The van der Waals surface area contributed by atoms with E-state index in [9.17, 15) is 46.0 Å². The molecule has 22 heteroatoms. The van der Waals surface area contributed by atoms with Gasteiger partial charge in [0.05, 0.1) is 33.0 Å². The van der Waals surface area contributed by atoms with Crippen LogP contribution in [-0.4, -0.2) is 75.4 Å². The maximum atomic E-state index is 13.6. The maximum absolute atomic E-state index is 13.6. The fourth-order valence-corrected chi connectivity index (χ4v) is 14.4. The van der Waals surface area contributed by atoms with Crippen molar-refractivity contribution in [3.05, 3.63) is 192 Å². The fraction of sp³-hybridized carbons (Fsp3) is 0.294. The number of aliphatic hydroxyl groups is 1. The smallest absolute Gasteiger partial charge is 0.508 e. The van der Waals surface area contributed by atoms with Gasteiger partial charge in [-0.25, -0.2) is 8.42 Å². The summed E-state index contributed by atoms with van der Waals surface area (Å²) in [6, 6.07) is 48.4. The van der Waals surface area contributed by atoms with Crippen molar-refractivity contribution < 1.29 is 68.7 Å². The number of aromatic hydroxyl groups is 2. The Morgan fingerprint density at radius 1 is 0.589 bits per heavy atom. The van der Waals surface area contributed by atoms with E-state index in [1.54, 1.807) is 123 Å². The highest BCUT2D eigenvalue weighted by Crippen LogP contribution is 2.64. The first kappa shape index (κ1) is 60.4. The van der Waals surface area contributed by atoms with Gasteiger partial charge in [0.1, 0.15) is 23.3 Å². The minimum absolute atomic E-state index is 0.0796. The zero-order valence-corrected chi connectivity index (χ0v) is 44.6. The SMILES string of the molecule is CCOP(=O)(OCC)C(c1ccccc1)c1ccccc1O.CCOP(OCC)OCC.O=P1(NS(=O)(=O)C(F)(F)F)N(c2ccccc2)CCN1c1ccccc1.Oc1ccccc1C(O)c1ccccc1. The summed E-state index contributed by atoms with van der Waals surface area (Å²) in [7, 11) is -14.7. The van der Waals surface area contributed by atoms with Crippen molar-refractivity contribution in [2.24, 2.45) is 0 Å². The zero-order chi connectivity index (χ0) is 53.5. The lowest BCUT2D eigenvalue weighted by Gasteiger charge is -2.32. The molecule has 0 bridgehead atoms. The molecule has 73 heavy (non-hydrogen) atoms. The summed E-state index contributed by atoms with van der Waals surface area (Å²) in [6.45, 7) is 12.0. The molecule has 1 aliphatic heterocycles. The molecule has 6 aromatic rings. The molecule has 0 spiro atoms. The van der Waals surface area contributed by atoms with Crippen LogP contribution in [0.15, 0.2) is 170 Å². The molecule has 0 amide bonds. The average molecular weight is 1090 g/mol. The van der Waals surface area contributed by atoms with Gasteiger partial charge >= 0.3 is 39.3 Å². The molecule has 396 valence electrons. The first-order valence-electron chi connectivity index (χ1n) is 23.2. The Bertz CT molecular complexity index is 2670. The Morgan fingerprint density at radius 3 is 1.32 bits per heavy atom. The minimum atomic E-state index is -5.82. The zero-order valence-electron chi connectivity index (χ0n) is 41.1. The molecule has 7 rings (SSSR count). The van der Waals surface area contributed by atoms with Crippen molar-refractivity contribution in [3.63, 3.8) is 0 Å². The van der Waals surface area contributed by atoms with Gasteiger partial charge in [0.2, 0.25) is 0 Å². The number of benzene rings is 6. The van der Waals surface area contributed by atoms with Gasteiger partial charge in [-0.1, -0.05) is 133 Å². The van der Waals surface area contributed by atoms with Gasteiger partial charge in [-0.3, -0.25) is 18.5 Å². The molecule has 1 fully saturated rings. The van der Waals surface area contributed by atoms with Crippen molar-refractivity contribution in [2.45, 2.75) is 51.9 Å². The third-order valence-electron chi connectivity index (χ3n) is 10.2. The van der Waals surface area contributed by atoms with Gasteiger partial charge in [0, 0.05) is 35.6 Å². The minimum Gasteiger partial charge on any atom is -0.508 e. The van der Waals surface area contributed by atoms with E-state index in [1.807, 2.05) is 81.4 Å². The molecule has 0 aromatic heterocycles. The normalized spacial score (nSPS) is 14.2. The standard InChI is InChI=1S/C17H21O4P.C15H15F3N3O3PS.C13H12O2.C6H15O3P/c1-3-20-22(19,21-4-2)17(14-10-6-5-7-11-14)15-12-8-9-13-16(15)18;16-15(17,18)26(23,24)19-25(22)20(13-7-3-1-4-8-13)11-12-21(25)14-9-5-2-6-10-14;14-12-9-5-4-8-11(12)13(15)10-6-2-1-3-7-10;1-4-7-10(8-5-2)9-6-3/h5-13,17-18H,3-4H2,1-2H3;1-10H,11-12H2,(H,19,22);1-9,13-15H;4-6H2,1-3H3. The number of anilines is 2. The highest BCUT2D eigenvalue weighted by atomic mass is 32.2. The number of alkyl halides is 3. The Hall–Kier alpha value is -5.13. The number of phenols is 2. The summed E-state index contributed by atoms with van der Waals surface area (Å²) in [5, 5.41) is 29.8. The van der Waals surface area contributed by atoms with E-state index in [0.717, 1.165) is 11.1 Å². The van der Waals surface area contributed by atoms with Crippen molar-refractivity contribution in [2.75, 3.05) is 55.5 Å². The molecule has 0 radical (unpaired) electrons. The van der Waals surface area contributed by atoms with E-state index in [0.29, 0.717) is 42.3 Å². The number of aliphatic hydroxyl groups excluding tert-OH is 1. The average Bonchev–Trinajstić information content (AvgIpc) is 3.71. The molecule has 1 heterocycles. The Morgan fingerprint density at radius 2 is 0.945 bits per heavy atom. The van der Waals surface area contributed by atoms with E-state index in [-0.39, 0.29) is 37.8 Å². The van der Waals surface area contributed by atoms with E-state index in [2.05, 4.69) is 0 Å². The summed E-state index contributed by atoms with van der Waals surface area (Å²) in [5.41, 5.74) is -2.87. The van der Waals surface area contributed by atoms with Crippen LogP contribution in [0.3, 0.4) is 0 Å². The largest absolute Gasteiger partial charge is 0.511 e. The molecule has 6 aromatic carbocycles. The predicted octanol–water partition coefficient (Wildman–Crippen LogP) is 13.1. The van der Waals surface area contributed by atoms with Gasteiger partial charge in [0.25, 0.3) is 0 Å². The molecule has 1 aliphatic rings. The molecule has 1 saturated heterocycles. The maximum Gasteiger partial charge on any atom is 0.511 e. The number of para-hydroxylation sites is 4. The number of sulfonamides is 1. The number of halogens is 3. The van der Waals surface area contributed by atoms with Crippen LogP contribution in [-0.2, 0) is 41.8 Å². The highest BCUT2D eigenvalue weighted by molar-refractivity contribution is 7.97. The Labute approximate surface area is 427 Å². The Balaban J connectivity index is 0.000000223. The number of nitrogens with one attached hydrogen (secondary N) is 1. The lowest BCUT2D eigenvalue weighted by molar-refractivity contribution is -0.0441. The molecule has 15 nitrogen and oxygen atoms in total. The van der Waals surface area contributed by atoms with E-state index in [4.69, 9.17) is 22.6 Å². The van der Waals surface area contributed by atoms with Gasteiger partial charge in [-0.15, -0.1) is 4.49 Å². The number of hydrogen-bond acceptors (Lipinski definition) is 12. The summed E-state index contributed by atoms with van der Waals surface area (Å²) in [5.74, 6) is 0.199. The fourth-order valence-electron chi connectivity index (χ4n) is 7.06. The second kappa shape index (κ2) is 29.7. The number of nitrogens with zero attached hydrogens (tertiary/aromatic N) is 2. The lowest BCUT2D eigenvalue weighted by atomic mass is 10.0. The second-order valence-corrected chi connectivity index (χ2v) is 22.7. The van der Waals surface area contributed by atoms with Crippen molar-refractivity contribution in [3.8, 4) is 11.5 Å². The number of hydrogen-bond donors (Lipinski definition) is 4. The molecular weight excluding hydrogens is 1030 g/mol.